The summed E-state index contributed by atoms with van der Waals surface area (Å²) in [6, 6.07) is 3.07. The normalized spacial score (nSPS) is 12.2. The number of ether oxygens (including phenoxy) is 2. The Bertz CT molecular complexity index is 1320. The minimum atomic E-state index is -4.81. The molecule has 9 nitrogen and oxygen atoms in total. The predicted octanol–water partition coefficient (Wildman–Crippen LogP) is 4.13. The SMILES string of the molecule is CCC(=O)OCC(OC(=O)CC)c1[nH]c2c(C(F)(F)F)cccc2c(=O)c1CC(=O)Nc1nccs1. The fourth-order valence-corrected chi connectivity index (χ4v) is 3.90. The molecule has 192 valence electrons. The lowest BCUT2D eigenvalue weighted by molar-refractivity contribution is -0.159. The van der Waals surface area contributed by atoms with Crippen LogP contribution in [0, 0.1) is 0 Å². The summed E-state index contributed by atoms with van der Waals surface area (Å²) in [4.78, 5) is 56.4. The highest BCUT2D eigenvalue weighted by Crippen LogP contribution is 2.34. The fraction of sp³-hybridized carbons (Fsp3) is 0.348. The van der Waals surface area contributed by atoms with Crippen LogP contribution < -0.4 is 10.7 Å². The fourth-order valence-electron chi connectivity index (χ4n) is 3.36. The molecule has 2 N–H and O–H groups in total. The van der Waals surface area contributed by atoms with E-state index in [-0.39, 0.29) is 34.6 Å². The summed E-state index contributed by atoms with van der Waals surface area (Å²) in [6.07, 6.45) is -5.50. The number of esters is 2. The lowest BCUT2D eigenvalue weighted by Crippen LogP contribution is -2.28. The third-order valence-corrected chi connectivity index (χ3v) is 5.75. The Balaban J connectivity index is 2.19. The van der Waals surface area contributed by atoms with E-state index in [2.05, 4.69) is 15.3 Å². The number of carbonyl (C=O) groups excluding carboxylic acids is 3. The molecular formula is C23H22F3N3O6S. The molecule has 3 rings (SSSR count). The maximum absolute atomic E-state index is 13.7. The van der Waals surface area contributed by atoms with Crippen molar-refractivity contribution in [3.63, 3.8) is 0 Å². The maximum atomic E-state index is 13.7. The molecule has 1 atom stereocenters. The van der Waals surface area contributed by atoms with Gasteiger partial charge < -0.3 is 19.8 Å². The van der Waals surface area contributed by atoms with E-state index < -0.39 is 59.7 Å². The first-order valence-corrected chi connectivity index (χ1v) is 11.7. The number of para-hydroxylation sites is 1. The number of fused-ring (bicyclic) bond motifs is 1. The van der Waals surface area contributed by atoms with Gasteiger partial charge in [-0.1, -0.05) is 19.9 Å². The minimum absolute atomic E-state index is 0.00994. The molecule has 0 spiro atoms. The van der Waals surface area contributed by atoms with Gasteiger partial charge in [-0.3, -0.25) is 19.2 Å². The molecule has 2 heterocycles. The number of thiazole rings is 1. The van der Waals surface area contributed by atoms with Crippen LogP contribution in [0.5, 0.6) is 0 Å². The summed E-state index contributed by atoms with van der Waals surface area (Å²) in [5.41, 5.74) is -3.04. The van der Waals surface area contributed by atoms with E-state index in [4.69, 9.17) is 9.47 Å². The van der Waals surface area contributed by atoms with Gasteiger partial charge in [-0.15, -0.1) is 11.3 Å². The Morgan fingerprint density at radius 3 is 2.50 bits per heavy atom. The second kappa shape index (κ2) is 11.3. The molecule has 0 bridgehead atoms. The number of nitrogens with zero attached hydrogens (tertiary/aromatic N) is 1. The summed E-state index contributed by atoms with van der Waals surface area (Å²) < 4.78 is 51.6. The summed E-state index contributed by atoms with van der Waals surface area (Å²) in [6.45, 7) is 2.44. The number of hydrogen-bond acceptors (Lipinski definition) is 8. The largest absolute Gasteiger partial charge is 0.461 e. The summed E-state index contributed by atoms with van der Waals surface area (Å²) in [5, 5.41) is 4.06. The van der Waals surface area contributed by atoms with Gasteiger partial charge in [0, 0.05) is 35.4 Å². The second-order valence-electron chi connectivity index (χ2n) is 7.50. The predicted molar refractivity (Wildman–Crippen MR) is 124 cm³/mol. The highest BCUT2D eigenvalue weighted by molar-refractivity contribution is 7.13. The van der Waals surface area contributed by atoms with Gasteiger partial charge in [-0.2, -0.15) is 13.2 Å². The molecule has 0 fully saturated rings. The molecule has 0 radical (unpaired) electrons. The van der Waals surface area contributed by atoms with Crippen LogP contribution in [0.3, 0.4) is 0 Å². The van der Waals surface area contributed by atoms with Gasteiger partial charge in [0.15, 0.2) is 16.7 Å². The first-order chi connectivity index (χ1) is 17.0. The molecule has 1 amide bonds. The highest BCUT2D eigenvalue weighted by Gasteiger charge is 2.35. The lowest BCUT2D eigenvalue weighted by atomic mass is 9.99. The van der Waals surface area contributed by atoms with Crippen molar-refractivity contribution in [3.8, 4) is 0 Å². The van der Waals surface area contributed by atoms with Crippen LogP contribution in [0.4, 0.5) is 18.3 Å². The number of H-pyrrole nitrogens is 1. The lowest BCUT2D eigenvalue weighted by Gasteiger charge is -2.22. The van der Waals surface area contributed by atoms with Crippen molar-refractivity contribution < 1.29 is 37.0 Å². The number of benzene rings is 1. The standard InChI is InChI=1S/C23H22F3N3O6S/c1-3-17(31)34-11-15(35-18(32)4-2)20-13(10-16(30)28-22-27-8-9-36-22)21(33)12-6-5-7-14(19(12)29-20)23(24,25)26/h5-9,15H,3-4,10-11H2,1-2H3,(H,29,33)(H,27,28,30). The van der Waals surface area contributed by atoms with Crippen molar-refractivity contribution in [3.05, 3.63) is 56.8 Å². The second-order valence-corrected chi connectivity index (χ2v) is 8.40. The van der Waals surface area contributed by atoms with Gasteiger partial charge in [-0.25, -0.2) is 4.98 Å². The van der Waals surface area contributed by atoms with Crippen molar-refractivity contribution in [1.82, 2.24) is 9.97 Å². The monoisotopic (exact) mass is 525 g/mol. The van der Waals surface area contributed by atoms with E-state index in [9.17, 15) is 32.3 Å². The van der Waals surface area contributed by atoms with Gasteiger partial charge >= 0.3 is 18.1 Å². The van der Waals surface area contributed by atoms with Crippen LogP contribution >= 0.6 is 11.3 Å². The van der Waals surface area contributed by atoms with Crippen LogP contribution in [0.15, 0.2) is 34.6 Å². The van der Waals surface area contributed by atoms with Crippen molar-refractivity contribution in [2.75, 3.05) is 11.9 Å². The van der Waals surface area contributed by atoms with E-state index in [0.29, 0.717) is 0 Å². The van der Waals surface area contributed by atoms with Gasteiger partial charge in [0.1, 0.15) is 6.61 Å². The third kappa shape index (κ3) is 6.27. The van der Waals surface area contributed by atoms with Gasteiger partial charge in [-0.05, 0) is 12.1 Å². The first kappa shape index (κ1) is 26.9. The Morgan fingerprint density at radius 2 is 1.89 bits per heavy atom. The van der Waals surface area contributed by atoms with Crippen molar-refractivity contribution in [2.45, 2.75) is 45.4 Å². The number of nitrogens with one attached hydrogen (secondary N) is 2. The highest BCUT2D eigenvalue weighted by atomic mass is 32.1. The third-order valence-electron chi connectivity index (χ3n) is 5.06. The minimum Gasteiger partial charge on any atom is -0.461 e. The van der Waals surface area contributed by atoms with Crippen LogP contribution in [0.1, 0.15) is 49.6 Å². The number of pyridine rings is 1. The molecule has 36 heavy (non-hydrogen) atoms. The van der Waals surface area contributed by atoms with Gasteiger partial charge in [0.25, 0.3) is 0 Å². The van der Waals surface area contributed by atoms with Crippen molar-refractivity contribution in [1.29, 1.82) is 0 Å². The molecule has 1 unspecified atom stereocenters. The summed E-state index contributed by atoms with van der Waals surface area (Å²) in [5.74, 6) is -2.08. The average molecular weight is 526 g/mol. The zero-order chi connectivity index (χ0) is 26.5. The number of carbonyl (C=O) groups is 3. The van der Waals surface area contributed by atoms with E-state index in [1.807, 2.05) is 0 Å². The number of aromatic amines is 1. The number of rotatable bonds is 9. The Kier molecular flexibility index (Phi) is 8.45. The van der Waals surface area contributed by atoms with Crippen molar-refractivity contribution in [2.24, 2.45) is 0 Å². The van der Waals surface area contributed by atoms with Crippen LogP contribution in [0.2, 0.25) is 0 Å². The molecule has 0 saturated heterocycles. The number of aromatic nitrogens is 2. The molecule has 13 heteroatoms. The van der Waals surface area contributed by atoms with E-state index >= 15 is 0 Å². The maximum Gasteiger partial charge on any atom is 0.418 e. The molecule has 3 aromatic rings. The Hall–Kier alpha value is -3.74. The summed E-state index contributed by atoms with van der Waals surface area (Å²) >= 11 is 1.13. The molecule has 0 aliphatic carbocycles. The van der Waals surface area contributed by atoms with E-state index in [0.717, 1.165) is 23.5 Å². The molecular weight excluding hydrogens is 503 g/mol. The van der Waals surface area contributed by atoms with E-state index in [1.54, 1.807) is 5.38 Å². The summed E-state index contributed by atoms with van der Waals surface area (Å²) in [7, 11) is 0. The molecule has 1 aromatic carbocycles. The topological polar surface area (TPSA) is 127 Å². The van der Waals surface area contributed by atoms with Crippen molar-refractivity contribution >= 4 is 45.2 Å². The van der Waals surface area contributed by atoms with Crippen LogP contribution in [0.25, 0.3) is 10.9 Å². The average Bonchev–Trinajstić information content (AvgIpc) is 3.34. The zero-order valence-electron chi connectivity index (χ0n) is 19.2. The number of anilines is 1. The van der Waals surface area contributed by atoms with Gasteiger partial charge in [0.2, 0.25) is 5.91 Å². The Labute approximate surface area is 206 Å². The number of alkyl halides is 3. The molecule has 0 aliphatic rings. The van der Waals surface area contributed by atoms with Crippen LogP contribution in [-0.2, 0) is 36.5 Å². The number of halogens is 3. The van der Waals surface area contributed by atoms with E-state index in [1.165, 1.54) is 26.1 Å². The number of hydrogen-bond donors (Lipinski definition) is 2. The smallest absolute Gasteiger partial charge is 0.418 e. The molecule has 0 saturated carbocycles. The quantitative estimate of drug-likeness (QED) is 0.402. The first-order valence-electron chi connectivity index (χ1n) is 10.8. The number of amides is 1. The van der Waals surface area contributed by atoms with Crippen LogP contribution in [-0.4, -0.2) is 34.4 Å². The zero-order valence-corrected chi connectivity index (χ0v) is 20.0. The Morgan fingerprint density at radius 1 is 1.17 bits per heavy atom. The molecule has 2 aromatic heterocycles. The van der Waals surface area contributed by atoms with Gasteiger partial charge in [0.05, 0.1) is 23.2 Å². The molecule has 0 aliphatic heterocycles.